The average Bonchev–Trinajstić information content (AvgIpc) is 3.19. The number of fused-ring (bicyclic) bond motifs is 2. The molecule has 1 aromatic carbocycles. The molecule has 1 N–H and O–H groups in total. The van der Waals surface area contributed by atoms with Gasteiger partial charge in [0.2, 0.25) is 10.0 Å². The maximum Gasteiger partial charge on any atom is 0.338 e. The largest absolute Gasteiger partial charge is 0.457 e. The van der Waals surface area contributed by atoms with E-state index in [9.17, 15) is 13.2 Å². The third kappa shape index (κ3) is 2.71. The molecule has 0 saturated carbocycles. The van der Waals surface area contributed by atoms with Crippen LogP contribution in [-0.4, -0.2) is 30.5 Å². The van der Waals surface area contributed by atoms with E-state index in [1.54, 1.807) is 12.3 Å². The molecule has 0 bridgehead atoms. The van der Waals surface area contributed by atoms with Crippen LogP contribution < -0.4 is 4.72 Å². The van der Waals surface area contributed by atoms with Gasteiger partial charge in [0.25, 0.3) is 0 Å². The third-order valence-corrected chi connectivity index (χ3v) is 5.99. The zero-order chi connectivity index (χ0) is 16.7. The summed E-state index contributed by atoms with van der Waals surface area (Å²) in [6.07, 6.45) is 5.44. The molecule has 3 heterocycles. The molecule has 126 valence electrons. The number of aryl methyl sites for hydroxylation is 1. The zero-order valence-electron chi connectivity index (χ0n) is 12.9. The number of benzene rings is 1. The van der Waals surface area contributed by atoms with Crippen LogP contribution in [0.4, 0.5) is 0 Å². The van der Waals surface area contributed by atoms with Crippen molar-refractivity contribution in [2.24, 2.45) is 5.92 Å². The lowest BCUT2D eigenvalue weighted by Crippen LogP contribution is -2.33. The number of aromatic nitrogens is 2. The number of hydrogen-bond acceptors (Lipinski definition) is 5. The van der Waals surface area contributed by atoms with Gasteiger partial charge in [0, 0.05) is 37.5 Å². The van der Waals surface area contributed by atoms with Gasteiger partial charge < -0.3 is 9.30 Å². The topological polar surface area (TPSA) is 90.3 Å². The lowest BCUT2D eigenvalue weighted by molar-refractivity contribution is 0.0535. The highest BCUT2D eigenvalue weighted by Gasteiger charge is 2.26. The number of carbonyl (C=O) groups is 1. The van der Waals surface area contributed by atoms with Gasteiger partial charge in [-0.2, -0.15) is 0 Å². The summed E-state index contributed by atoms with van der Waals surface area (Å²) in [5, 5.41) is 0. The van der Waals surface area contributed by atoms with E-state index < -0.39 is 16.0 Å². The first kappa shape index (κ1) is 15.3. The van der Waals surface area contributed by atoms with Crippen LogP contribution in [0.15, 0.2) is 35.5 Å². The predicted octanol–water partition coefficient (Wildman–Crippen LogP) is 1.09. The van der Waals surface area contributed by atoms with Gasteiger partial charge in [-0.1, -0.05) is 6.07 Å². The van der Waals surface area contributed by atoms with Crippen LogP contribution in [0.25, 0.3) is 0 Å². The van der Waals surface area contributed by atoms with Crippen LogP contribution in [-0.2, 0) is 34.3 Å². The van der Waals surface area contributed by atoms with Crippen molar-refractivity contribution in [3.8, 4) is 0 Å². The second-order valence-corrected chi connectivity index (χ2v) is 7.91. The molecule has 2 aliphatic heterocycles. The molecule has 0 spiro atoms. The molecular formula is C16H17N3O4S. The van der Waals surface area contributed by atoms with E-state index in [1.165, 1.54) is 12.1 Å². The molecule has 0 saturated heterocycles. The Morgan fingerprint density at radius 1 is 1.38 bits per heavy atom. The van der Waals surface area contributed by atoms with Crippen LogP contribution >= 0.6 is 0 Å². The minimum absolute atomic E-state index is 0.0965. The SMILES string of the molecule is O=C1OCc2ccc(S(=O)(=O)NCC3CCc4nccn4C3)cc21. The van der Waals surface area contributed by atoms with Gasteiger partial charge in [0.05, 0.1) is 10.5 Å². The summed E-state index contributed by atoms with van der Waals surface area (Å²) in [5.74, 6) is 0.800. The molecule has 0 amide bonds. The Bertz CT molecular complexity index is 904. The molecule has 7 nitrogen and oxygen atoms in total. The first-order chi connectivity index (χ1) is 11.5. The van der Waals surface area contributed by atoms with Gasteiger partial charge in [-0.05, 0) is 24.5 Å². The van der Waals surface area contributed by atoms with Crippen molar-refractivity contribution in [1.82, 2.24) is 14.3 Å². The minimum atomic E-state index is -3.65. The molecule has 1 atom stereocenters. The second kappa shape index (κ2) is 5.71. The van der Waals surface area contributed by atoms with Gasteiger partial charge in [-0.15, -0.1) is 0 Å². The summed E-state index contributed by atoms with van der Waals surface area (Å²) >= 11 is 0. The van der Waals surface area contributed by atoms with Crippen molar-refractivity contribution in [2.75, 3.05) is 6.54 Å². The summed E-state index contributed by atoms with van der Waals surface area (Å²) < 4.78 is 34.6. The van der Waals surface area contributed by atoms with Crippen molar-refractivity contribution in [3.05, 3.63) is 47.5 Å². The number of hydrogen-bond donors (Lipinski definition) is 1. The van der Waals surface area contributed by atoms with Gasteiger partial charge >= 0.3 is 5.97 Å². The van der Waals surface area contributed by atoms with E-state index in [2.05, 4.69) is 14.3 Å². The molecule has 2 aromatic rings. The quantitative estimate of drug-likeness (QED) is 0.836. The van der Waals surface area contributed by atoms with E-state index >= 15 is 0 Å². The molecule has 24 heavy (non-hydrogen) atoms. The number of esters is 1. The number of nitrogens with zero attached hydrogens (tertiary/aromatic N) is 2. The van der Waals surface area contributed by atoms with Crippen LogP contribution in [0.2, 0.25) is 0 Å². The van der Waals surface area contributed by atoms with Gasteiger partial charge in [0.15, 0.2) is 0 Å². The Morgan fingerprint density at radius 3 is 3.12 bits per heavy atom. The van der Waals surface area contributed by atoms with Crippen LogP contribution in [0, 0.1) is 5.92 Å². The highest BCUT2D eigenvalue weighted by molar-refractivity contribution is 7.89. The lowest BCUT2D eigenvalue weighted by Gasteiger charge is -2.23. The minimum Gasteiger partial charge on any atom is -0.457 e. The number of nitrogens with one attached hydrogen (secondary N) is 1. The number of cyclic esters (lactones) is 1. The molecule has 0 aliphatic carbocycles. The third-order valence-electron chi connectivity index (χ3n) is 4.57. The van der Waals surface area contributed by atoms with E-state index in [0.29, 0.717) is 12.1 Å². The molecule has 4 rings (SSSR count). The number of carbonyl (C=O) groups excluding carboxylic acids is 1. The summed E-state index contributed by atoms with van der Waals surface area (Å²) in [5.41, 5.74) is 1.05. The van der Waals surface area contributed by atoms with Crippen molar-refractivity contribution in [1.29, 1.82) is 0 Å². The first-order valence-corrected chi connectivity index (χ1v) is 9.31. The molecule has 0 fully saturated rings. The maximum absolute atomic E-state index is 12.5. The van der Waals surface area contributed by atoms with Gasteiger partial charge in [0.1, 0.15) is 12.4 Å². The Hall–Kier alpha value is -2.19. The standard InChI is InChI=1S/C16H17N3O4S/c20-16-14-7-13(3-2-12(14)10-23-16)24(21,22)18-8-11-1-4-15-17-5-6-19(15)9-11/h2-3,5-7,11,18H,1,4,8-10H2. The molecule has 8 heteroatoms. The summed E-state index contributed by atoms with van der Waals surface area (Å²) in [4.78, 5) is 16.0. The molecule has 1 unspecified atom stereocenters. The molecule has 1 aromatic heterocycles. The Morgan fingerprint density at radius 2 is 2.25 bits per heavy atom. The zero-order valence-corrected chi connectivity index (χ0v) is 13.8. The van der Waals surface area contributed by atoms with E-state index in [4.69, 9.17) is 4.74 Å². The van der Waals surface area contributed by atoms with E-state index in [0.717, 1.165) is 30.8 Å². The van der Waals surface area contributed by atoms with Gasteiger partial charge in [-0.3, -0.25) is 0 Å². The fourth-order valence-corrected chi connectivity index (χ4v) is 4.32. The predicted molar refractivity (Wildman–Crippen MR) is 84.8 cm³/mol. The van der Waals surface area contributed by atoms with Crippen molar-refractivity contribution in [3.63, 3.8) is 0 Å². The molecule has 2 aliphatic rings. The van der Waals surface area contributed by atoms with Crippen molar-refractivity contribution >= 4 is 16.0 Å². The Kier molecular flexibility index (Phi) is 3.65. The fraction of sp³-hybridized carbons (Fsp3) is 0.375. The highest BCUT2D eigenvalue weighted by Crippen LogP contribution is 2.24. The maximum atomic E-state index is 12.5. The average molecular weight is 347 g/mol. The molecular weight excluding hydrogens is 330 g/mol. The number of imidazole rings is 1. The number of ether oxygens (including phenoxy) is 1. The van der Waals surface area contributed by atoms with Crippen molar-refractivity contribution in [2.45, 2.75) is 30.9 Å². The van der Waals surface area contributed by atoms with Gasteiger partial charge in [-0.25, -0.2) is 22.9 Å². The van der Waals surface area contributed by atoms with E-state index in [1.807, 2.05) is 6.20 Å². The lowest BCUT2D eigenvalue weighted by atomic mass is 10.00. The van der Waals surface area contributed by atoms with Crippen molar-refractivity contribution < 1.29 is 17.9 Å². The normalized spacial score (nSPS) is 19.7. The summed E-state index contributed by atoms with van der Waals surface area (Å²) in [7, 11) is -3.65. The Balaban J connectivity index is 1.46. The fourth-order valence-electron chi connectivity index (χ4n) is 3.17. The van der Waals surface area contributed by atoms with Crippen LogP contribution in [0.1, 0.15) is 28.2 Å². The summed E-state index contributed by atoms with van der Waals surface area (Å²) in [6.45, 7) is 1.33. The highest BCUT2D eigenvalue weighted by atomic mass is 32.2. The Labute approximate surface area is 139 Å². The van der Waals surface area contributed by atoms with Crippen LogP contribution in [0.3, 0.4) is 0 Å². The van der Waals surface area contributed by atoms with Crippen LogP contribution in [0.5, 0.6) is 0 Å². The van der Waals surface area contributed by atoms with E-state index in [-0.39, 0.29) is 17.4 Å². The molecule has 0 radical (unpaired) electrons. The number of rotatable bonds is 4. The second-order valence-electron chi connectivity index (χ2n) is 6.15. The first-order valence-electron chi connectivity index (χ1n) is 7.83. The number of sulfonamides is 1. The summed E-state index contributed by atoms with van der Waals surface area (Å²) in [6, 6.07) is 4.53. The smallest absolute Gasteiger partial charge is 0.338 e. The monoisotopic (exact) mass is 347 g/mol.